The first kappa shape index (κ1) is 95.2. The van der Waals surface area contributed by atoms with Crippen molar-refractivity contribution in [3.63, 3.8) is 0 Å². The minimum atomic E-state index is -0.345. The van der Waals surface area contributed by atoms with E-state index < -0.39 is 0 Å². The zero-order valence-electron chi connectivity index (χ0n) is 77.4. The molecule has 0 atom stereocenters. The van der Waals surface area contributed by atoms with Crippen molar-refractivity contribution in [2.75, 3.05) is 106 Å². The van der Waals surface area contributed by atoms with E-state index in [0.29, 0.717) is 103 Å². The number of halogens is 3. The predicted molar refractivity (Wildman–Crippen MR) is 515 cm³/mol. The Morgan fingerprint density at radius 2 is 0.594 bits per heavy atom. The number of hydrogen-bond acceptors (Lipinski definition) is 20. The molecule has 0 spiro atoms. The summed E-state index contributed by atoms with van der Waals surface area (Å²) in [6.07, 6.45) is 25.8. The van der Waals surface area contributed by atoms with Gasteiger partial charge in [0.2, 0.25) is 0 Å². The van der Waals surface area contributed by atoms with E-state index in [1.807, 2.05) is 148 Å². The Bertz CT molecular complexity index is 6580. The highest BCUT2D eigenvalue weighted by molar-refractivity contribution is 5.97. The lowest BCUT2D eigenvalue weighted by Crippen LogP contribution is -2.47. The molecule has 5 fully saturated rings. The number of ether oxygens (including phenoxy) is 3. The first-order chi connectivity index (χ1) is 67.3. The van der Waals surface area contributed by atoms with Crippen LogP contribution in [0.5, 0.6) is 11.5 Å². The molecule has 138 heavy (non-hydrogen) atoms. The number of hydrogen-bond donors (Lipinski definition) is 0. The SMILES string of the molecule is CCOC(=O)C1CCN(C(=O)c2cc(-c3ccncc3)n(-c3ccc(F)cc3)n2)CC1.CN1CCN(C(=O)c2cc(-c3cccnc3)n(-c3ccc(F)cc3)n2)CC1.COc1ccc(-n2nc(C(=O)N3CCC(C)CC3)cc2-c2cccnc2)cc1.COc1ccc(-n2nc(C(=O)N3CCCC3)cc2-c2cccnc2)cc1.O=C(c1cc(-c2cccnc2)n(-c2ccc(F)cc2)n1)N1CCCCC1. The van der Waals surface area contributed by atoms with Gasteiger partial charge in [0, 0.05) is 168 Å². The Balaban J connectivity index is 0.000000125. The third-order valence-electron chi connectivity index (χ3n) is 24.6. The number of nitrogens with zero attached hydrogens (tertiary/aromatic N) is 21. The summed E-state index contributed by atoms with van der Waals surface area (Å²) in [7, 11) is 5.32. The molecule has 15 heterocycles. The number of rotatable bonds is 19. The molecule has 30 nitrogen and oxygen atoms in total. The molecule has 0 radical (unpaired) electrons. The maximum Gasteiger partial charge on any atom is 0.309 e. The van der Waals surface area contributed by atoms with Crippen LogP contribution < -0.4 is 9.47 Å². The molecular formula is C105H106F3N21O9. The number of piperazine rings is 1. The number of pyridine rings is 5. The number of benzene rings is 5. The van der Waals surface area contributed by atoms with Gasteiger partial charge < -0.3 is 43.6 Å². The van der Waals surface area contributed by atoms with E-state index in [-0.39, 0.29) is 58.9 Å². The number of aromatic nitrogens is 15. The summed E-state index contributed by atoms with van der Waals surface area (Å²) in [5.41, 5.74) is 14.0. The second-order valence-electron chi connectivity index (χ2n) is 33.9. The largest absolute Gasteiger partial charge is 0.497 e. The average Bonchev–Trinajstić information content (AvgIpc) is 1.66. The lowest BCUT2D eigenvalue weighted by Gasteiger charge is -2.31. The van der Waals surface area contributed by atoms with E-state index in [0.717, 1.165) is 171 Å². The third kappa shape index (κ3) is 23.3. The van der Waals surface area contributed by atoms with E-state index in [1.165, 1.54) is 36.4 Å². The number of esters is 1. The van der Waals surface area contributed by atoms with Crippen LogP contribution in [0.2, 0.25) is 0 Å². The molecule has 15 aromatic rings. The maximum absolute atomic E-state index is 13.4. The van der Waals surface area contributed by atoms with Crippen molar-refractivity contribution in [2.45, 2.75) is 71.6 Å². The fourth-order valence-corrected chi connectivity index (χ4v) is 16.8. The van der Waals surface area contributed by atoms with Gasteiger partial charge in [-0.3, -0.25) is 53.7 Å². The number of likely N-dealkylation sites (tertiary alicyclic amines) is 4. The van der Waals surface area contributed by atoms with Crippen LogP contribution in [0, 0.1) is 29.3 Å². The van der Waals surface area contributed by atoms with Gasteiger partial charge in [0.05, 0.1) is 83.7 Å². The van der Waals surface area contributed by atoms with Gasteiger partial charge in [-0.1, -0.05) is 6.92 Å². The quantitative estimate of drug-likeness (QED) is 0.0679. The van der Waals surface area contributed by atoms with Crippen LogP contribution in [0.4, 0.5) is 13.2 Å². The highest BCUT2D eigenvalue weighted by atomic mass is 19.1. The van der Waals surface area contributed by atoms with Crippen LogP contribution in [0.15, 0.2) is 274 Å². The van der Waals surface area contributed by atoms with Gasteiger partial charge in [-0.25, -0.2) is 36.6 Å². The number of carbonyl (C=O) groups excluding carboxylic acids is 6. The first-order valence-electron chi connectivity index (χ1n) is 46.2. The molecule has 706 valence electrons. The molecule has 0 unspecified atom stereocenters. The Labute approximate surface area is 796 Å². The van der Waals surface area contributed by atoms with Gasteiger partial charge in [0.25, 0.3) is 29.5 Å². The highest BCUT2D eigenvalue weighted by Gasteiger charge is 2.33. The van der Waals surface area contributed by atoms with Gasteiger partial charge in [-0.2, -0.15) is 25.5 Å². The lowest BCUT2D eigenvalue weighted by molar-refractivity contribution is -0.149. The van der Waals surface area contributed by atoms with Crippen molar-refractivity contribution < 1.29 is 56.1 Å². The molecule has 5 aliphatic heterocycles. The van der Waals surface area contributed by atoms with Crippen molar-refractivity contribution in [2.24, 2.45) is 11.8 Å². The van der Waals surface area contributed by atoms with Gasteiger partial charge >= 0.3 is 5.97 Å². The number of methoxy groups -OCH3 is 2. The van der Waals surface area contributed by atoms with E-state index in [2.05, 4.69) is 62.2 Å². The lowest BCUT2D eigenvalue weighted by atomic mass is 9.97. The summed E-state index contributed by atoms with van der Waals surface area (Å²) in [5.74, 6) is 0.510. The predicted octanol–water partition coefficient (Wildman–Crippen LogP) is 16.6. The Morgan fingerprint density at radius 3 is 0.884 bits per heavy atom. The van der Waals surface area contributed by atoms with E-state index in [1.54, 1.807) is 166 Å². The summed E-state index contributed by atoms with van der Waals surface area (Å²) in [5, 5.41) is 22.9. The summed E-state index contributed by atoms with van der Waals surface area (Å²) in [4.78, 5) is 109. The van der Waals surface area contributed by atoms with E-state index in [9.17, 15) is 41.9 Å². The molecular weight excluding hydrogens is 1760 g/mol. The number of amides is 5. The zero-order chi connectivity index (χ0) is 96.0. The molecule has 5 amide bonds. The molecule has 5 aromatic carbocycles. The molecule has 0 aliphatic carbocycles. The second-order valence-corrected chi connectivity index (χ2v) is 33.9. The normalized spacial score (nSPS) is 14.5. The monoisotopic (exact) mass is 1860 g/mol. The standard InChI is InChI=1S/C23H23FN4O3.C22H24N4O2.C20H20FN5O.C20H19FN4O.C20H20N4O2/c1-2-31-23(30)17-9-13-27(14-10-17)22(29)20-15-21(16-7-11-25-12-8-16)28(26-20)19-5-3-18(24)4-6-19;1-16-9-12-25(13-10-16)22(27)20-14-21(17-4-3-11-23-15-17)26(24-20)18-5-7-19(28-2)8-6-18;1-24-9-11-25(12-10-24)20(27)18-13-19(15-3-2-8-22-14-15)26(23-18)17-6-4-16(21)5-7-17;21-16-6-8-17(9-7-16)25-19(15-5-4-10-22-14-15)13-18(23-25)20(26)24-11-2-1-3-12-24;1-26-17-8-6-16(7-9-17)24-19(15-5-4-10-21-14-15)13-18(22-24)20(25)23-11-2-3-12-23/h3-8,11-12,15,17H,2,9-10,13-14H2,1H3;3-8,11,14-16H,9-10,12-13H2,1-2H3;2-8,13-14H,9-12H2,1H3;4-10,13-14H,1-3,11-12H2;4-10,13-14H,2-3,11-12H2,1H3. The van der Waals surface area contributed by atoms with Gasteiger partial charge in [-0.05, 0) is 290 Å². The smallest absolute Gasteiger partial charge is 0.309 e. The van der Waals surface area contributed by atoms with Crippen LogP contribution in [-0.2, 0) is 9.53 Å². The highest BCUT2D eigenvalue weighted by Crippen LogP contribution is 2.34. The van der Waals surface area contributed by atoms with Gasteiger partial charge in [0.1, 0.15) is 29.0 Å². The van der Waals surface area contributed by atoms with Crippen LogP contribution in [0.25, 0.3) is 84.7 Å². The van der Waals surface area contributed by atoms with Crippen molar-refractivity contribution in [1.82, 2.24) is 103 Å². The summed E-state index contributed by atoms with van der Waals surface area (Å²) < 4.78 is 64.2. The van der Waals surface area contributed by atoms with Crippen LogP contribution in [-0.4, -0.2) is 245 Å². The van der Waals surface area contributed by atoms with Crippen LogP contribution in [0.1, 0.15) is 124 Å². The molecule has 0 saturated carbocycles. The molecule has 10 aromatic heterocycles. The molecule has 0 bridgehead atoms. The molecule has 5 saturated heterocycles. The molecule has 5 aliphatic rings. The topological polar surface area (TPSA) is 303 Å². The third-order valence-corrected chi connectivity index (χ3v) is 24.6. The number of piperidine rings is 3. The Hall–Kier alpha value is -15.9. The van der Waals surface area contributed by atoms with Crippen LogP contribution >= 0.6 is 0 Å². The summed E-state index contributed by atoms with van der Waals surface area (Å²) >= 11 is 0. The fraction of sp³-hybridized carbons (Fsp3) is 0.276. The van der Waals surface area contributed by atoms with E-state index >= 15 is 0 Å². The number of likely N-dealkylation sites (N-methyl/N-ethyl adjacent to an activating group) is 1. The number of carbonyl (C=O) groups is 6. The van der Waals surface area contributed by atoms with Gasteiger partial charge in [-0.15, -0.1) is 0 Å². The van der Waals surface area contributed by atoms with Crippen molar-refractivity contribution in [3.05, 3.63) is 320 Å². The minimum Gasteiger partial charge on any atom is -0.497 e. The minimum absolute atomic E-state index is 0.00991. The Morgan fingerprint density at radius 1 is 0.319 bits per heavy atom. The Kier molecular flexibility index (Phi) is 31.3. The molecule has 33 heteroatoms. The second kappa shape index (κ2) is 45.4. The van der Waals surface area contributed by atoms with Gasteiger partial charge in [0.15, 0.2) is 28.5 Å². The molecule has 20 rings (SSSR count). The zero-order valence-corrected chi connectivity index (χ0v) is 77.4. The summed E-state index contributed by atoms with van der Waals surface area (Å²) in [6.45, 7) is 13.1. The van der Waals surface area contributed by atoms with Crippen molar-refractivity contribution >= 4 is 35.5 Å². The fourth-order valence-electron chi connectivity index (χ4n) is 16.8. The van der Waals surface area contributed by atoms with Crippen molar-refractivity contribution in [3.8, 4) is 96.2 Å². The van der Waals surface area contributed by atoms with E-state index in [4.69, 9.17) is 14.2 Å². The molecule has 0 N–H and O–H groups in total. The average molecular weight is 1860 g/mol. The van der Waals surface area contributed by atoms with Crippen LogP contribution in [0.3, 0.4) is 0 Å². The van der Waals surface area contributed by atoms with Crippen molar-refractivity contribution in [1.29, 1.82) is 0 Å². The first-order valence-corrected chi connectivity index (χ1v) is 46.2. The summed E-state index contributed by atoms with van der Waals surface area (Å²) in [6, 6.07) is 61.2. The maximum atomic E-state index is 13.4.